The zero-order chi connectivity index (χ0) is 12.9. The van der Waals surface area contributed by atoms with Crippen molar-refractivity contribution in [3.8, 4) is 0 Å². The van der Waals surface area contributed by atoms with Gasteiger partial charge in [-0.3, -0.25) is 4.79 Å². The van der Waals surface area contributed by atoms with Gasteiger partial charge in [-0.15, -0.1) is 0 Å². The van der Waals surface area contributed by atoms with Gasteiger partial charge in [0.15, 0.2) is 0 Å². The largest absolute Gasteiger partial charge is 0.394 e. The molecule has 1 amide bonds. The van der Waals surface area contributed by atoms with Crippen LogP contribution in [0.2, 0.25) is 0 Å². The molecule has 0 fully saturated rings. The number of nitrogens with one attached hydrogen (secondary N) is 1. The number of aliphatic hydroxyl groups is 4. The van der Waals surface area contributed by atoms with Crippen LogP contribution in [0, 0.1) is 0 Å². The molecule has 0 radical (unpaired) electrons. The lowest BCUT2D eigenvalue weighted by atomic mass is 10.0. The first kappa shape index (κ1) is 12.1. The highest BCUT2D eigenvalue weighted by atomic mass is 16.4. The molecule has 0 rings (SSSR count). The third-order valence-corrected chi connectivity index (χ3v) is 1.67. The van der Waals surface area contributed by atoms with Crippen molar-refractivity contribution in [1.29, 1.82) is 0 Å². The van der Waals surface area contributed by atoms with Crippen molar-refractivity contribution >= 4 is 12.2 Å². The average Bonchev–Trinajstić information content (AvgIpc) is 2.24. The van der Waals surface area contributed by atoms with Crippen LogP contribution in [0.3, 0.4) is 0 Å². The SMILES string of the molecule is [3H][C@@](C=O)(NC(C)=O)[C@@H](O)[C@H](O)[C@H](O)CO. The maximum atomic E-state index is 10.7. The minimum absolute atomic E-state index is 0.0770. The summed E-state index contributed by atoms with van der Waals surface area (Å²) in [5.41, 5.74) is 0. The molecule has 0 aromatic rings. The van der Waals surface area contributed by atoms with Crippen molar-refractivity contribution in [1.82, 2.24) is 5.32 Å². The fourth-order valence-electron chi connectivity index (χ4n) is 0.879. The van der Waals surface area contributed by atoms with Gasteiger partial charge in [0.1, 0.15) is 30.6 Å². The Labute approximate surface area is 87.7 Å². The molecule has 0 saturated carbocycles. The number of rotatable bonds is 6. The zero-order valence-corrected chi connectivity index (χ0v) is 8.12. The number of hydrogen-bond donors (Lipinski definition) is 5. The lowest BCUT2D eigenvalue weighted by molar-refractivity contribution is -0.129. The Kier molecular flexibility index (Phi) is 5.19. The van der Waals surface area contributed by atoms with Gasteiger partial charge in [-0.2, -0.15) is 0 Å². The summed E-state index contributed by atoms with van der Waals surface area (Å²) in [7, 11) is 0. The second-order valence-corrected chi connectivity index (χ2v) is 2.94. The minimum atomic E-state index is -2.47. The predicted octanol–water partition coefficient (Wildman–Crippen LogP) is -3.23. The second kappa shape index (κ2) is 6.46. The van der Waals surface area contributed by atoms with Crippen LogP contribution >= 0.6 is 0 Å². The minimum Gasteiger partial charge on any atom is -0.394 e. The molecule has 0 bridgehead atoms. The van der Waals surface area contributed by atoms with Crippen molar-refractivity contribution in [3.63, 3.8) is 0 Å². The van der Waals surface area contributed by atoms with Crippen molar-refractivity contribution in [2.75, 3.05) is 6.61 Å². The fourth-order valence-corrected chi connectivity index (χ4v) is 0.879. The van der Waals surface area contributed by atoms with Crippen LogP contribution in [0.25, 0.3) is 0 Å². The molecule has 5 N–H and O–H groups in total. The van der Waals surface area contributed by atoms with Crippen LogP contribution in [-0.4, -0.2) is 63.6 Å². The van der Waals surface area contributed by atoms with Crippen LogP contribution in [0.15, 0.2) is 0 Å². The van der Waals surface area contributed by atoms with E-state index in [0.717, 1.165) is 6.92 Å². The lowest BCUT2D eigenvalue weighted by Crippen LogP contribution is -2.53. The van der Waals surface area contributed by atoms with E-state index in [-0.39, 0.29) is 6.29 Å². The molecule has 7 heteroatoms. The Hall–Kier alpha value is -1.02. The van der Waals surface area contributed by atoms with Gasteiger partial charge in [0, 0.05) is 6.92 Å². The van der Waals surface area contributed by atoms with Crippen molar-refractivity contribution in [2.45, 2.75) is 31.3 Å². The lowest BCUT2D eigenvalue weighted by Gasteiger charge is -2.25. The van der Waals surface area contributed by atoms with Crippen LogP contribution in [0.4, 0.5) is 0 Å². The van der Waals surface area contributed by atoms with E-state index < -0.39 is 36.8 Å². The third-order valence-electron chi connectivity index (χ3n) is 1.67. The number of carbonyl (C=O) groups is 2. The normalized spacial score (nSPS) is 21.8. The molecule has 4 atom stereocenters. The van der Waals surface area contributed by atoms with E-state index in [1.165, 1.54) is 0 Å². The first-order chi connectivity index (χ1) is 7.28. The Morgan fingerprint density at radius 2 is 2.00 bits per heavy atom. The molecule has 0 unspecified atom stereocenters. The summed E-state index contributed by atoms with van der Waals surface area (Å²) < 4.78 is 7.40. The van der Waals surface area contributed by atoms with E-state index in [4.69, 9.17) is 11.6 Å². The quantitative estimate of drug-likeness (QED) is 0.301. The topological polar surface area (TPSA) is 127 Å². The number of aldehydes is 1. The molecule has 0 aliphatic rings. The van der Waals surface area contributed by atoms with E-state index in [0.29, 0.717) is 0 Å². The van der Waals surface area contributed by atoms with Crippen LogP contribution in [0.1, 0.15) is 8.29 Å². The Morgan fingerprint density at radius 1 is 1.47 bits per heavy atom. The number of amides is 1. The highest BCUT2D eigenvalue weighted by Crippen LogP contribution is 2.03. The van der Waals surface area contributed by atoms with E-state index in [1.54, 1.807) is 0 Å². The van der Waals surface area contributed by atoms with Crippen molar-refractivity contribution < 1.29 is 31.4 Å². The fraction of sp³-hybridized carbons (Fsp3) is 0.750. The van der Waals surface area contributed by atoms with Gasteiger partial charge in [0.05, 0.1) is 7.98 Å². The van der Waals surface area contributed by atoms with E-state index >= 15 is 0 Å². The summed E-state index contributed by atoms with van der Waals surface area (Å²) in [6.07, 6.45) is -5.78. The molecule has 88 valence electrons. The second-order valence-electron chi connectivity index (χ2n) is 2.94. The van der Waals surface area contributed by atoms with Crippen molar-refractivity contribution in [2.24, 2.45) is 0 Å². The Bertz CT molecular complexity index is 263. The van der Waals surface area contributed by atoms with Crippen LogP contribution in [-0.2, 0) is 9.59 Å². The van der Waals surface area contributed by atoms with E-state index in [9.17, 15) is 19.8 Å². The Morgan fingerprint density at radius 3 is 2.33 bits per heavy atom. The summed E-state index contributed by atoms with van der Waals surface area (Å²) in [5, 5.41) is 38.1. The summed E-state index contributed by atoms with van der Waals surface area (Å²) in [6.45, 7) is 0.168. The highest BCUT2D eigenvalue weighted by Gasteiger charge is 2.31. The Balaban J connectivity index is 4.81. The molecular formula is C8H15NO6. The highest BCUT2D eigenvalue weighted by molar-refractivity contribution is 5.77. The molecule has 0 heterocycles. The van der Waals surface area contributed by atoms with E-state index in [1.807, 2.05) is 5.32 Å². The van der Waals surface area contributed by atoms with Gasteiger partial charge in [-0.25, -0.2) is 0 Å². The summed E-state index contributed by atoms with van der Waals surface area (Å²) in [5.74, 6) is -0.758. The van der Waals surface area contributed by atoms with Crippen LogP contribution < -0.4 is 5.32 Å². The number of aliphatic hydroxyl groups excluding tert-OH is 4. The summed E-state index contributed by atoms with van der Waals surface area (Å²) >= 11 is 0. The number of carbonyl (C=O) groups excluding carboxylic acids is 2. The first-order valence-electron chi connectivity index (χ1n) is 4.68. The van der Waals surface area contributed by atoms with Gasteiger partial charge in [0.25, 0.3) is 0 Å². The standard InChI is InChI=1S/C8H15NO6/c1-4(12)9-5(2-10)7(14)8(15)6(13)3-11/h2,5-8,11,13-15H,3H2,1H3,(H,9,12)/t5-,6+,7+,8+/m0/s1/i5T. The van der Waals surface area contributed by atoms with Crippen molar-refractivity contribution in [3.05, 3.63) is 0 Å². The van der Waals surface area contributed by atoms with E-state index in [2.05, 4.69) is 0 Å². The molecular weight excluding hydrogens is 206 g/mol. The van der Waals surface area contributed by atoms with Gasteiger partial charge >= 0.3 is 0 Å². The predicted molar refractivity (Wildman–Crippen MR) is 48.8 cm³/mol. The molecule has 7 nitrogen and oxygen atoms in total. The number of hydrogen-bond acceptors (Lipinski definition) is 6. The first-order valence-corrected chi connectivity index (χ1v) is 4.18. The molecule has 0 spiro atoms. The van der Waals surface area contributed by atoms with Gasteiger partial charge in [-0.05, 0) is 0 Å². The monoisotopic (exact) mass is 223 g/mol. The third kappa shape index (κ3) is 4.34. The molecule has 0 aliphatic heterocycles. The average molecular weight is 223 g/mol. The zero-order valence-electron chi connectivity index (χ0n) is 9.12. The molecule has 0 aromatic heterocycles. The smallest absolute Gasteiger partial charge is 0.217 e. The maximum absolute atomic E-state index is 10.7. The van der Waals surface area contributed by atoms with Gasteiger partial charge in [-0.1, -0.05) is 0 Å². The summed E-state index contributed by atoms with van der Waals surface area (Å²) in [6, 6.07) is -2.47. The molecule has 0 aliphatic carbocycles. The molecule has 0 aromatic carbocycles. The maximum Gasteiger partial charge on any atom is 0.217 e. The van der Waals surface area contributed by atoms with Gasteiger partial charge < -0.3 is 30.5 Å². The van der Waals surface area contributed by atoms with Gasteiger partial charge in [0.2, 0.25) is 5.91 Å². The molecule has 0 saturated heterocycles. The summed E-state index contributed by atoms with van der Waals surface area (Å²) in [4.78, 5) is 21.3. The molecule has 15 heavy (non-hydrogen) atoms. The van der Waals surface area contributed by atoms with Crippen LogP contribution in [0.5, 0.6) is 0 Å².